The summed E-state index contributed by atoms with van der Waals surface area (Å²) in [5.41, 5.74) is 0. The van der Waals surface area contributed by atoms with Crippen LogP contribution in [0.25, 0.3) is 0 Å². The molecule has 0 aliphatic heterocycles. The summed E-state index contributed by atoms with van der Waals surface area (Å²) in [6, 6.07) is 0. The number of imidazole rings is 1. The van der Waals surface area contributed by atoms with E-state index in [1.54, 1.807) is 0 Å². The molecule has 2 heterocycles. The molecule has 0 radical (unpaired) electrons. The zero-order valence-electron chi connectivity index (χ0n) is 8.79. The van der Waals surface area contributed by atoms with Crippen LogP contribution in [0.1, 0.15) is 16.1 Å². The molecule has 0 bridgehead atoms. The summed E-state index contributed by atoms with van der Waals surface area (Å²) in [7, 11) is 1.36. The fourth-order valence-corrected chi connectivity index (χ4v) is 2.75. The highest BCUT2D eigenvalue weighted by Crippen LogP contribution is 2.28. The number of aromatic nitrogens is 5. The van der Waals surface area contributed by atoms with Gasteiger partial charge in [0.2, 0.25) is 5.82 Å². The van der Waals surface area contributed by atoms with Gasteiger partial charge in [-0.25, -0.2) is 9.55 Å². The van der Waals surface area contributed by atoms with E-state index in [0.717, 1.165) is 22.3 Å². The monoisotopic (exact) mass is 289 g/mol. The molecule has 0 saturated heterocycles. The van der Waals surface area contributed by atoms with Gasteiger partial charge in [0.05, 0.1) is 7.05 Å². The normalized spacial score (nSPS) is 14.3. The minimum atomic E-state index is -2.58. The van der Waals surface area contributed by atoms with Crippen LogP contribution in [0.4, 0.5) is 5.82 Å². The molecule has 96 valence electrons. The molecule has 0 N–H and O–H groups in total. The third-order valence-corrected chi connectivity index (χ3v) is 3.78. The summed E-state index contributed by atoms with van der Waals surface area (Å²) in [5.74, 6) is -0.313. The largest absolute Gasteiger partial charge is 0.771 e. The van der Waals surface area contributed by atoms with Crippen molar-refractivity contribution in [2.24, 2.45) is 7.05 Å². The summed E-state index contributed by atoms with van der Waals surface area (Å²) in [5, 5.41) is 16.4. The third kappa shape index (κ3) is 2.12. The lowest BCUT2D eigenvalue weighted by molar-refractivity contribution is -0.391. The average Bonchev–Trinajstić information content (AvgIpc) is 2.90. The second kappa shape index (κ2) is 4.83. The van der Waals surface area contributed by atoms with Crippen LogP contribution >= 0.6 is 11.5 Å². The third-order valence-electron chi connectivity index (χ3n) is 2.15. The second-order valence-electron chi connectivity index (χ2n) is 3.13. The second-order valence-corrected chi connectivity index (χ2v) is 4.89. The van der Waals surface area contributed by atoms with Gasteiger partial charge in [-0.1, -0.05) is 4.49 Å². The van der Waals surface area contributed by atoms with Gasteiger partial charge in [-0.15, -0.1) is 5.10 Å². The Labute approximate surface area is 106 Å². The quantitative estimate of drug-likeness (QED) is 0.418. The Kier molecular flexibility index (Phi) is 3.40. The zero-order chi connectivity index (χ0) is 13.3. The molecule has 0 aromatic carbocycles. The van der Waals surface area contributed by atoms with E-state index in [1.165, 1.54) is 7.05 Å². The highest BCUT2D eigenvalue weighted by molar-refractivity contribution is 7.79. The molecule has 0 amide bonds. The van der Waals surface area contributed by atoms with E-state index in [2.05, 4.69) is 19.8 Å². The van der Waals surface area contributed by atoms with Crippen molar-refractivity contribution in [3.05, 3.63) is 27.1 Å². The smallest absolute Gasteiger partial charge is 0.342 e. The summed E-state index contributed by atoms with van der Waals surface area (Å²) < 4.78 is 27.0. The molecule has 12 heteroatoms. The topological polar surface area (TPSA) is 140 Å². The Morgan fingerprint density at radius 2 is 2.33 bits per heavy atom. The highest BCUT2D eigenvalue weighted by Gasteiger charge is 2.29. The molecule has 2 aromatic rings. The van der Waals surface area contributed by atoms with E-state index in [-0.39, 0.29) is 16.6 Å². The molecule has 2 aromatic heterocycles. The van der Waals surface area contributed by atoms with Gasteiger partial charge in [0.15, 0.2) is 10.3 Å². The van der Waals surface area contributed by atoms with E-state index < -0.39 is 21.3 Å². The van der Waals surface area contributed by atoms with E-state index in [9.17, 15) is 18.9 Å². The number of hydrogen-bond acceptors (Lipinski definition) is 9. The van der Waals surface area contributed by atoms with Crippen molar-refractivity contribution in [3.8, 4) is 0 Å². The maximum Gasteiger partial charge on any atom is 0.342 e. The Bertz CT molecular complexity index is 595. The van der Waals surface area contributed by atoms with Gasteiger partial charge in [0.1, 0.15) is 6.20 Å². The van der Waals surface area contributed by atoms with Gasteiger partial charge in [0.25, 0.3) is 0 Å². The maximum atomic E-state index is 11.2. The number of nitrogens with zero attached hydrogens (tertiary/aromatic N) is 6. The Morgan fingerprint density at radius 1 is 1.61 bits per heavy atom. The first-order chi connectivity index (χ1) is 8.52. The number of rotatable bonds is 4. The van der Waals surface area contributed by atoms with Crippen molar-refractivity contribution in [2.45, 2.75) is 5.25 Å². The number of hydrogen-bond donors (Lipinski definition) is 0. The Balaban J connectivity index is 2.51. The molecule has 0 spiro atoms. The van der Waals surface area contributed by atoms with Crippen LogP contribution in [0, 0.1) is 10.1 Å². The van der Waals surface area contributed by atoms with Crippen molar-refractivity contribution in [1.29, 1.82) is 0 Å². The minimum absolute atomic E-state index is 0.00594. The van der Waals surface area contributed by atoms with Crippen LogP contribution in [0.3, 0.4) is 0 Å². The molecule has 2 atom stereocenters. The molecule has 0 aliphatic rings. The van der Waals surface area contributed by atoms with Crippen LogP contribution in [0.5, 0.6) is 0 Å². The van der Waals surface area contributed by atoms with E-state index in [4.69, 9.17) is 0 Å². The first-order valence-corrected chi connectivity index (χ1v) is 6.32. The van der Waals surface area contributed by atoms with E-state index >= 15 is 0 Å². The van der Waals surface area contributed by atoms with Crippen molar-refractivity contribution >= 4 is 28.4 Å². The standard InChI is InChI=1S/C6H6N6O4S2/c1-11-3(12(13)14)2-7-5(11)4(18(15)16)6-8-9-10-17-6/h2,4H,1H3,(H,15,16)/p-1. The van der Waals surface area contributed by atoms with Gasteiger partial charge in [-0.3, -0.25) is 4.21 Å². The van der Waals surface area contributed by atoms with Crippen LogP contribution in [0.15, 0.2) is 6.20 Å². The predicted molar refractivity (Wildman–Crippen MR) is 58.3 cm³/mol. The van der Waals surface area contributed by atoms with Gasteiger partial charge < -0.3 is 14.7 Å². The molecule has 18 heavy (non-hydrogen) atoms. The lowest BCUT2D eigenvalue weighted by Gasteiger charge is -2.13. The first-order valence-electron chi connectivity index (χ1n) is 4.41. The molecule has 0 saturated carbocycles. The molecule has 0 aliphatic carbocycles. The number of nitro groups is 1. The van der Waals surface area contributed by atoms with Crippen molar-refractivity contribution < 1.29 is 13.7 Å². The summed E-state index contributed by atoms with van der Waals surface area (Å²) in [6.07, 6.45) is 0.990. The highest BCUT2D eigenvalue weighted by atomic mass is 32.2. The van der Waals surface area contributed by atoms with Crippen molar-refractivity contribution in [2.75, 3.05) is 0 Å². The SMILES string of the molecule is Cn1c([N+](=O)[O-])cnc1C(c1nnns1)S(=O)[O-]. The molecular weight excluding hydrogens is 284 g/mol. The maximum absolute atomic E-state index is 11.2. The average molecular weight is 289 g/mol. The van der Waals surface area contributed by atoms with E-state index in [0.29, 0.717) is 0 Å². The molecule has 2 unspecified atom stereocenters. The van der Waals surface area contributed by atoms with E-state index in [1.807, 2.05) is 0 Å². The lowest BCUT2D eigenvalue weighted by Crippen LogP contribution is -2.13. The van der Waals surface area contributed by atoms with Gasteiger partial charge in [-0.2, -0.15) is 0 Å². The fourth-order valence-electron chi connectivity index (χ4n) is 1.35. The molecule has 2 rings (SSSR count). The fraction of sp³-hybridized carbons (Fsp3) is 0.333. The van der Waals surface area contributed by atoms with Crippen molar-refractivity contribution in [3.63, 3.8) is 0 Å². The zero-order valence-corrected chi connectivity index (χ0v) is 10.4. The van der Waals surface area contributed by atoms with Crippen LogP contribution in [-0.4, -0.2) is 38.0 Å². The Hall–Kier alpha value is -1.79. The predicted octanol–water partition coefficient (Wildman–Crippen LogP) is -0.457. The van der Waals surface area contributed by atoms with Crippen LogP contribution in [0.2, 0.25) is 0 Å². The summed E-state index contributed by atoms with van der Waals surface area (Å²) in [4.78, 5) is 13.8. The minimum Gasteiger partial charge on any atom is -0.771 e. The van der Waals surface area contributed by atoms with Crippen molar-refractivity contribution in [1.82, 2.24) is 24.4 Å². The molecule has 0 fully saturated rings. The Morgan fingerprint density at radius 3 is 2.78 bits per heavy atom. The summed E-state index contributed by atoms with van der Waals surface area (Å²) in [6.45, 7) is 0. The molecule has 10 nitrogen and oxygen atoms in total. The molecular formula is C6H5N6O4S2-. The van der Waals surface area contributed by atoms with Gasteiger partial charge >= 0.3 is 5.82 Å². The summed E-state index contributed by atoms with van der Waals surface area (Å²) >= 11 is -1.79. The van der Waals surface area contributed by atoms with Crippen LogP contribution in [-0.2, 0) is 18.1 Å². The van der Waals surface area contributed by atoms with Crippen LogP contribution < -0.4 is 0 Å². The van der Waals surface area contributed by atoms with Gasteiger partial charge in [-0.05, 0) is 21.2 Å². The first kappa shape index (κ1) is 12.7. The van der Waals surface area contributed by atoms with Gasteiger partial charge in [0, 0.05) is 11.5 Å². The lowest BCUT2D eigenvalue weighted by atomic mass is 10.4.